The number of hydrogen-bond acceptors (Lipinski definition) is 1. The first kappa shape index (κ1) is 14.2. The third kappa shape index (κ3) is 2.09. The van der Waals surface area contributed by atoms with Gasteiger partial charge in [0.25, 0.3) is 0 Å². The van der Waals surface area contributed by atoms with Crippen LogP contribution in [0.4, 0.5) is 26.3 Å². The number of benzene rings is 1. The summed E-state index contributed by atoms with van der Waals surface area (Å²) in [5, 5.41) is 2.26. The number of nitrogens with one attached hydrogen (secondary N) is 1. The second-order valence-electron chi connectivity index (χ2n) is 4.51. The average Bonchev–Trinajstić information content (AvgIpc) is 2.79. The summed E-state index contributed by atoms with van der Waals surface area (Å²) in [6.07, 6.45) is -5.83. The predicted octanol–water partition coefficient (Wildman–Crippen LogP) is 3.60. The molecule has 0 aromatic heterocycles. The van der Waals surface area contributed by atoms with E-state index in [1.54, 1.807) is 0 Å². The van der Waals surface area contributed by atoms with E-state index in [1.807, 2.05) is 0 Å². The average molecular weight is 283 g/mol. The van der Waals surface area contributed by atoms with Gasteiger partial charge in [-0.15, -0.1) is 0 Å². The smallest absolute Gasteiger partial charge is 0.302 e. The predicted molar refractivity (Wildman–Crippen MR) is 56.3 cm³/mol. The molecule has 2 rings (SSSR count). The van der Waals surface area contributed by atoms with Crippen molar-refractivity contribution in [2.75, 3.05) is 6.54 Å². The van der Waals surface area contributed by atoms with E-state index in [0.29, 0.717) is 0 Å². The first-order valence-corrected chi connectivity index (χ1v) is 5.66. The number of alkyl halides is 5. The Labute approximate surface area is 105 Å². The molecule has 1 saturated heterocycles. The van der Waals surface area contributed by atoms with E-state index in [9.17, 15) is 26.3 Å². The Kier molecular flexibility index (Phi) is 3.28. The summed E-state index contributed by atoms with van der Waals surface area (Å²) in [7, 11) is 0. The Hall–Kier alpha value is -1.24. The van der Waals surface area contributed by atoms with Crippen LogP contribution in [0.25, 0.3) is 0 Å². The molecule has 0 aliphatic carbocycles. The highest BCUT2D eigenvalue weighted by Crippen LogP contribution is 2.52. The van der Waals surface area contributed by atoms with Gasteiger partial charge in [0.1, 0.15) is 11.4 Å². The maximum Gasteiger partial charge on any atom is 0.455 e. The van der Waals surface area contributed by atoms with E-state index in [1.165, 1.54) is 0 Å². The largest absolute Gasteiger partial charge is 0.455 e. The van der Waals surface area contributed by atoms with E-state index in [4.69, 9.17) is 0 Å². The monoisotopic (exact) mass is 283 g/mol. The molecule has 1 nitrogen and oxygen atoms in total. The fourth-order valence-electron chi connectivity index (χ4n) is 2.42. The zero-order chi connectivity index (χ0) is 14.3. The first-order valence-electron chi connectivity index (χ1n) is 5.66. The molecule has 0 bridgehead atoms. The molecule has 19 heavy (non-hydrogen) atoms. The SMILES string of the molecule is Fc1ccc([C@]2(C(F)(F)C(F)(F)F)CCCN2)cc1. The fraction of sp³-hybridized carbons (Fsp3) is 0.500. The van der Waals surface area contributed by atoms with Gasteiger partial charge in [0.15, 0.2) is 0 Å². The highest BCUT2D eigenvalue weighted by molar-refractivity contribution is 5.30. The lowest BCUT2D eigenvalue weighted by atomic mass is 9.81. The topological polar surface area (TPSA) is 12.0 Å². The zero-order valence-corrected chi connectivity index (χ0v) is 9.70. The van der Waals surface area contributed by atoms with Gasteiger partial charge in [-0.05, 0) is 37.1 Å². The van der Waals surface area contributed by atoms with Crippen LogP contribution < -0.4 is 5.32 Å². The number of halogens is 6. The normalized spacial score (nSPS) is 24.7. The fourth-order valence-corrected chi connectivity index (χ4v) is 2.42. The standard InChI is InChI=1S/C12H11F6N/c13-9-4-2-8(3-5-9)10(6-1-7-19-10)11(14,15)12(16,17)18/h2-5,19H,1,6-7H2/t10-/m0/s1. The Morgan fingerprint density at radius 1 is 1.00 bits per heavy atom. The van der Waals surface area contributed by atoms with Crippen molar-refractivity contribution < 1.29 is 26.3 Å². The molecule has 1 heterocycles. The Morgan fingerprint density at radius 2 is 1.58 bits per heavy atom. The second-order valence-corrected chi connectivity index (χ2v) is 4.51. The van der Waals surface area contributed by atoms with Crippen molar-refractivity contribution in [1.82, 2.24) is 5.32 Å². The van der Waals surface area contributed by atoms with Crippen LogP contribution in [0.15, 0.2) is 24.3 Å². The van der Waals surface area contributed by atoms with Gasteiger partial charge in [0, 0.05) is 0 Å². The zero-order valence-electron chi connectivity index (χ0n) is 9.70. The molecule has 0 radical (unpaired) electrons. The van der Waals surface area contributed by atoms with Crippen molar-refractivity contribution >= 4 is 0 Å². The van der Waals surface area contributed by atoms with Crippen molar-refractivity contribution in [3.8, 4) is 0 Å². The molecular formula is C12H11F6N. The van der Waals surface area contributed by atoms with E-state index < -0.39 is 23.5 Å². The maximum absolute atomic E-state index is 13.8. The lowest BCUT2D eigenvalue weighted by Gasteiger charge is -2.38. The van der Waals surface area contributed by atoms with E-state index in [-0.39, 0.29) is 24.9 Å². The molecule has 0 unspecified atom stereocenters. The second kappa shape index (κ2) is 4.40. The van der Waals surface area contributed by atoms with Crippen LogP contribution in [0.3, 0.4) is 0 Å². The molecule has 1 aliphatic rings. The molecular weight excluding hydrogens is 272 g/mol. The van der Waals surface area contributed by atoms with Crippen LogP contribution in [0.5, 0.6) is 0 Å². The Morgan fingerprint density at radius 3 is 2.00 bits per heavy atom. The highest BCUT2D eigenvalue weighted by Gasteiger charge is 2.71. The molecule has 0 amide bonds. The maximum atomic E-state index is 13.8. The molecule has 1 aromatic carbocycles. The summed E-state index contributed by atoms with van der Waals surface area (Å²) >= 11 is 0. The minimum absolute atomic E-state index is 0.0586. The van der Waals surface area contributed by atoms with Gasteiger partial charge in [-0.25, -0.2) is 4.39 Å². The summed E-state index contributed by atoms with van der Waals surface area (Å²) in [6, 6.07) is 3.69. The van der Waals surface area contributed by atoms with Crippen LogP contribution in [-0.2, 0) is 5.54 Å². The van der Waals surface area contributed by atoms with Gasteiger partial charge in [0.2, 0.25) is 0 Å². The Bertz CT molecular complexity index is 444. The van der Waals surface area contributed by atoms with Gasteiger partial charge in [-0.1, -0.05) is 12.1 Å². The van der Waals surface area contributed by atoms with Gasteiger partial charge in [-0.3, -0.25) is 0 Å². The van der Waals surface area contributed by atoms with Crippen molar-refractivity contribution in [2.45, 2.75) is 30.5 Å². The lowest BCUT2D eigenvalue weighted by Crippen LogP contribution is -2.59. The van der Waals surface area contributed by atoms with Gasteiger partial charge in [0.05, 0.1) is 0 Å². The van der Waals surface area contributed by atoms with Gasteiger partial charge in [-0.2, -0.15) is 22.0 Å². The molecule has 7 heteroatoms. The summed E-state index contributed by atoms with van der Waals surface area (Å²) in [5.74, 6) is -5.61. The lowest BCUT2D eigenvalue weighted by molar-refractivity contribution is -0.312. The summed E-state index contributed by atoms with van der Waals surface area (Å²) in [4.78, 5) is 0. The quantitative estimate of drug-likeness (QED) is 0.818. The summed E-state index contributed by atoms with van der Waals surface area (Å²) < 4.78 is 78.3. The summed E-state index contributed by atoms with van der Waals surface area (Å²) in [6.45, 7) is 0.0586. The minimum atomic E-state index is -5.67. The van der Waals surface area contributed by atoms with E-state index in [0.717, 1.165) is 24.3 Å². The highest BCUT2D eigenvalue weighted by atomic mass is 19.4. The molecule has 106 valence electrons. The molecule has 1 aromatic rings. The van der Waals surface area contributed by atoms with E-state index >= 15 is 0 Å². The first-order chi connectivity index (χ1) is 8.71. The van der Waals surface area contributed by atoms with Crippen LogP contribution in [0.1, 0.15) is 18.4 Å². The van der Waals surface area contributed by atoms with Crippen molar-refractivity contribution in [3.63, 3.8) is 0 Å². The van der Waals surface area contributed by atoms with Gasteiger partial charge >= 0.3 is 12.1 Å². The molecule has 0 spiro atoms. The molecule has 1 atom stereocenters. The van der Waals surface area contributed by atoms with Crippen LogP contribution >= 0.6 is 0 Å². The molecule has 1 N–H and O–H groups in total. The summed E-state index contributed by atoms with van der Waals surface area (Å²) in [5.41, 5.74) is -2.77. The third-order valence-corrected chi connectivity index (χ3v) is 3.38. The Balaban J connectivity index is 2.53. The minimum Gasteiger partial charge on any atom is -0.302 e. The van der Waals surface area contributed by atoms with Crippen molar-refractivity contribution in [3.05, 3.63) is 35.6 Å². The molecule has 0 saturated carbocycles. The van der Waals surface area contributed by atoms with Crippen LogP contribution in [0, 0.1) is 5.82 Å². The third-order valence-electron chi connectivity index (χ3n) is 3.38. The van der Waals surface area contributed by atoms with Crippen LogP contribution in [-0.4, -0.2) is 18.6 Å². The molecule has 1 aliphatic heterocycles. The number of hydrogen-bond donors (Lipinski definition) is 1. The van der Waals surface area contributed by atoms with Gasteiger partial charge < -0.3 is 5.32 Å². The molecule has 1 fully saturated rings. The van der Waals surface area contributed by atoms with Crippen molar-refractivity contribution in [2.24, 2.45) is 0 Å². The van der Waals surface area contributed by atoms with E-state index in [2.05, 4.69) is 5.32 Å². The van der Waals surface area contributed by atoms with Crippen molar-refractivity contribution in [1.29, 1.82) is 0 Å². The van der Waals surface area contributed by atoms with Crippen LogP contribution in [0.2, 0.25) is 0 Å². The number of rotatable bonds is 2.